The van der Waals surface area contributed by atoms with Gasteiger partial charge in [0.15, 0.2) is 6.61 Å². The molecule has 1 amide bonds. The van der Waals surface area contributed by atoms with E-state index in [2.05, 4.69) is 10.0 Å². The largest absolute Gasteiger partial charge is 0.484 e. The number of ether oxygens (including phenoxy) is 1. The molecule has 0 aliphatic carbocycles. The second-order valence-electron chi connectivity index (χ2n) is 5.44. The summed E-state index contributed by atoms with van der Waals surface area (Å²) >= 11 is 0. The van der Waals surface area contributed by atoms with Crippen molar-refractivity contribution in [1.82, 2.24) is 5.32 Å². The van der Waals surface area contributed by atoms with E-state index in [1.165, 1.54) is 24.3 Å². The summed E-state index contributed by atoms with van der Waals surface area (Å²) in [6, 6.07) is 14.6. The highest BCUT2D eigenvalue weighted by molar-refractivity contribution is 7.92. The summed E-state index contributed by atoms with van der Waals surface area (Å²) in [5.74, 6) is 0.236. The summed E-state index contributed by atoms with van der Waals surface area (Å²) < 4.78 is 32.5. The molecule has 0 atom stereocenters. The lowest BCUT2D eigenvalue weighted by Gasteiger charge is -2.10. The van der Waals surface area contributed by atoms with E-state index in [9.17, 15) is 13.2 Å². The molecule has 0 aromatic heterocycles. The van der Waals surface area contributed by atoms with Gasteiger partial charge in [-0.15, -0.1) is 0 Å². The fraction of sp³-hybridized carbons (Fsp3) is 0.278. The molecule has 0 saturated carbocycles. The van der Waals surface area contributed by atoms with Crippen molar-refractivity contribution in [3.63, 3.8) is 0 Å². The molecule has 6 nitrogen and oxygen atoms in total. The Morgan fingerprint density at radius 2 is 1.72 bits per heavy atom. The number of amides is 1. The number of anilines is 1. The SMILES string of the molecule is CCCCNC(=O)COc1ccc(S(=O)(=O)Nc2ccccc2)cc1. The summed E-state index contributed by atoms with van der Waals surface area (Å²) in [6.45, 7) is 2.57. The predicted octanol–water partition coefficient (Wildman–Crippen LogP) is 2.78. The van der Waals surface area contributed by atoms with Gasteiger partial charge < -0.3 is 10.1 Å². The van der Waals surface area contributed by atoms with Crippen molar-refractivity contribution in [1.29, 1.82) is 0 Å². The third-order valence-electron chi connectivity index (χ3n) is 3.38. The minimum absolute atomic E-state index is 0.0991. The van der Waals surface area contributed by atoms with Gasteiger partial charge in [-0.2, -0.15) is 0 Å². The van der Waals surface area contributed by atoms with E-state index in [-0.39, 0.29) is 17.4 Å². The third kappa shape index (κ3) is 6.11. The van der Waals surface area contributed by atoms with Crippen LogP contribution in [0.15, 0.2) is 59.5 Å². The van der Waals surface area contributed by atoms with Crippen molar-refractivity contribution in [3.05, 3.63) is 54.6 Å². The molecule has 134 valence electrons. The van der Waals surface area contributed by atoms with Crippen LogP contribution in [0, 0.1) is 0 Å². The average molecular weight is 362 g/mol. The summed E-state index contributed by atoms with van der Waals surface area (Å²) in [6.07, 6.45) is 1.93. The van der Waals surface area contributed by atoms with Gasteiger partial charge in [-0.05, 0) is 42.8 Å². The molecule has 2 rings (SSSR count). The number of para-hydroxylation sites is 1. The molecule has 25 heavy (non-hydrogen) atoms. The number of unbranched alkanes of at least 4 members (excludes halogenated alkanes) is 1. The van der Waals surface area contributed by atoms with Crippen LogP contribution in [0.2, 0.25) is 0 Å². The Labute approximate surface area is 148 Å². The zero-order valence-corrected chi connectivity index (χ0v) is 14.9. The predicted molar refractivity (Wildman–Crippen MR) is 97.1 cm³/mol. The molecule has 0 aliphatic heterocycles. The van der Waals surface area contributed by atoms with Crippen LogP contribution in [0.25, 0.3) is 0 Å². The maximum Gasteiger partial charge on any atom is 0.261 e. The first-order valence-electron chi connectivity index (χ1n) is 8.08. The van der Waals surface area contributed by atoms with Gasteiger partial charge in [0.25, 0.3) is 15.9 Å². The number of rotatable bonds is 9. The van der Waals surface area contributed by atoms with E-state index in [1.807, 2.05) is 13.0 Å². The minimum atomic E-state index is -3.66. The van der Waals surface area contributed by atoms with Gasteiger partial charge in [-0.1, -0.05) is 31.5 Å². The first-order valence-corrected chi connectivity index (χ1v) is 9.57. The van der Waals surface area contributed by atoms with E-state index < -0.39 is 10.0 Å². The van der Waals surface area contributed by atoms with Crippen LogP contribution in [0.5, 0.6) is 5.75 Å². The zero-order chi connectivity index (χ0) is 18.1. The van der Waals surface area contributed by atoms with E-state index in [0.717, 1.165) is 12.8 Å². The molecule has 0 bridgehead atoms. The quantitative estimate of drug-likeness (QED) is 0.672. The Morgan fingerprint density at radius 1 is 1.04 bits per heavy atom. The Bertz CT molecular complexity index is 774. The van der Waals surface area contributed by atoms with Crippen molar-refractivity contribution >= 4 is 21.6 Å². The molecule has 2 aromatic carbocycles. The standard InChI is InChI=1S/C18H22N2O4S/c1-2-3-13-19-18(21)14-24-16-9-11-17(12-10-16)25(22,23)20-15-7-5-4-6-8-15/h4-12,20H,2-3,13-14H2,1H3,(H,19,21). The van der Waals surface area contributed by atoms with Crippen LogP contribution in [0.4, 0.5) is 5.69 Å². The van der Waals surface area contributed by atoms with Crippen molar-refractivity contribution in [3.8, 4) is 5.75 Å². The summed E-state index contributed by atoms with van der Waals surface area (Å²) in [7, 11) is -3.66. The summed E-state index contributed by atoms with van der Waals surface area (Å²) in [5, 5.41) is 2.75. The number of hydrogen-bond acceptors (Lipinski definition) is 4. The molecule has 0 saturated heterocycles. The van der Waals surface area contributed by atoms with Gasteiger partial charge in [0.05, 0.1) is 4.90 Å². The van der Waals surface area contributed by atoms with Crippen molar-refractivity contribution < 1.29 is 17.9 Å². The van der Waals surface area contributed by atoms with Crippen molar-refractivity contribution in [2.24, 2.45) is 0 Å². The monoisotopic (exact) mass is 362 g/mol. The van der Waals surface area contributed by atoms with Crippen LogP contribution in [0.3, 0.4) is 0 Å². The van der Waals surface area contributed by atoms with Crippen LogP contribution in [-0.2, 0) is 14.8 Å². The Hall–Kier alpha value is -2.54. The molecule has 2 N–H and O–H groups in total. The first kappa shape index (κ1) is 18.8. The van der Waals surface area contributed by atoms with Crippen LogP contribution in [-0.4, -0.2) is 27.5 Å². The number of hydrogen-bond donors (Lipinski definition) is 2. The maximum atomic E-state index is 12.3. The highest BCUT2D eigenvalue weighted by atomic mass is 32.2. The molecule has 0 fully saturated rings. The molecule has 7 heteroatoms. The highest BCUT2D eigenvalue weighted by Crippen LogP contribution is 2.19. The van der Waals surface area contributed by atoms with Crippen LogP contribution < -0.4 is 14.8 Å². The Morgan fingerprint density at radius 3 is 2.36 bits per heavy atom. The molecule has 0 unspecified atom stereocenters. The van der Waals surface area contributed by atoms with E-state index >= 15 is 0 Å². The fourth-order valence-corrected chi connectivity index (χ4v) is 3.10. The van der Waals surface area contributed by atoms with Crippen molar-refractivity contribution in [2.75, 3.05) is 17.9 Å². The van der Waals surface area contributed by atoms with Gasteiger partial charge in [0.1, 0.15) is 5.75 Å². The summed E-state index contributed by atoms with van der Waals surface area (Å²) in [4.78, 5) is 11.7. The second-order valence-corrected chi connectivity index (χ2v) is 7.12. The van der Waals surface area contributed by atoms with E-state index in [4.69, 9.17) is 4.74 Å². The Kier molecular flexibility index (Phi) is 6.82. The van der Waals surface area contributed by atoms with E-state index in [1.54, 1.807) is 24.3 Å². The first-order chi connectivity index (χ1) is 12.0. The molecule has 0 spiro atoms. The number of carbonyl (C=O) groups excluding carboxylic acids is 1. The van der Waals surface area contributed by atoms with Gasteiger partial charge in [-0.3, -0.25) is 9.52 Å². The zero-order valence-electron chi connectivity index (χ0n) is 14.1. The lowest BCUT2D eigenvalue weighted by Crippen LogP contribution is -2.29. The lowest BCUT2D eigenvalue weighted by molar-refractivity contribution is -0.123. The topological polar surface area (TPSA) is 84.5 Å². The highest BCUT2D eigenvalue weighted by Gasteiger charge is 2.14. The van der Waals surface area contributed by atoms with Gasteiger partial charge in [0, 0.05) is 12.2 Å². The molecule has 0 heterocycles. The molecule has 2 aromatic rings. The molecular weight excluding hydrogens is 340 g/mol. The third-order valence-corrected chi connectivity index (χ3v) is 4.78. The number of carbonyl (C=O) groups is 1. The van der Waals surface area contributed by atoms with E-state index in [0.29, 0.717) is 18.0 Å². The van der Waals surface area contributed by atoms with Crippen LogP contribution >= 0.6 is 0 Å². The molecule has 0 aliphatic rings. The minimum Gasteiger partial charge on any atom is -0.484 e. The average Bonchev–Trinajstić information content (AvgIpc) is 2.61. The van der Waals surface area contributed by atoms with Gasteiger partial charge in [-0.25, -0.2) is 8.42 Å². The Balaban J connectivity index is 1.91. The lowest BCUT2D eigenvalue weighted by atomic mass is 10.3. The fourth-order valence-electron chi connectivity index (χ4n) is 2.04. The summed E-state index contributed by atoms with van der Waals surface area (Å²) in [5.41, 5.74) is 0.492. The molecule has 0 radical (unpaired) electrons. The number of benzene rings is 2. The maximum absolute atomic E-state index is 12.3. The number of nitrogens with one attached hydrogen (secondary N) is 2. The van der Waals surface area contributed by atoms with Crippen LogP contribution in [0.1, 0.15) is 19.8 Å². The normalized spacial score (nSPS) is 10.9. The number of sulfonamides is 1. The van der Waals surface area contributed by atoms with Gasteiger partial charge >= 0.3 is 0 Å². The van der Waals surface area contributed by atoms with Gasteiger partial charge in [0.2, 0.25) is 0 Å². The van der Waals surface area contributed by atoms with Crippen molar-refractivity contribution in [2.45, 2.75) is 24.7 Å². The second kappa shape index (κ2) is 9.08. The smallest absolute Gasteiger partial charge is 0.261 e. The molecular formula is C18H22N2O4S.